The molecule has 1 N–H and O–H groups in total. The highest BCUT2D eigenvalue weighted by Crippen LogP contribution is 2.03. The lowest BCUT2D eigenvalue weighted by molar-refractivity contribution is -0.487. The van der Waals surface area contributed by atoms with Gasteiger partial charge in [-0.2, -0.15) is 5.48 Å². The summed E-state index contributed by atoms with van der Waals surface area (Å²) in [7, 11) is 2.83. The largest absolute Gasteiger partial charge is 0.232 e. The van der Waals surface area contributed by atoms with Gasteiger partial charge in [-0.3, -0.25) is 0 Å². The number of nitrogens with one attached hydrogen (secondary N) is 1. The highest BCUT2D eigenvalue weighted by atomic mass is 32.2. The standard InChI is InChI=1S/C2H7NO5S/c1-3-5-6-8-9-7-4-2/h3H,1-2H3. The van der Waals surface area contributed by atoms with E-state index in [1.807, 2.05) is 0 Å². The van der Waals surface area contributed by atoms with Crippen LogP contribution in [-0.4, -0.2) is 14.2 Å². The molecule has 0 aromatic heterocycles. The molecule has 0 saturated heterocycles. The average molecular weight is 157 g/mol. The van der Waals surface area contributed by atoms with Gasteiger partial charge in [0.05, 0.1) is 7.11 Å². The van der Waals surface area contributed by atoms with E-state index in [1.54, 1.807) is 0 Å². The molecule has 0 amide bonds. The Bertz CT molecular complexity index is 48.2. The minimum Gasteiger partial charge on any atom is -0.225 e. The summed E-state index contributed by atoms with van der Waals surface area (Å²) in [4.78, 5) is 8.16. The minimum atomic E-state index is 0.484. The third kappa shape index (κ3) is 8.11. The Morgan fingerprint density at radius 2 is 2.11 bits per heavy atom. The van der Waals surface area contributed by atoms with Gasteiger partial charge in [-0.15, -0.1) is 9.32 Å². The highest BCUT2D eigenvalue weighted by Gasteiger charge is 1.88. The number of rotatable bonds is 6. The molecule has 0 fully saturated rings. The summed E-state index contributed by atoms with van der Waals surface area (Å²) in [6, 6.07) is 0. The van der Waals surface area contributed by atoms with Crippen LogP contribution in [0.2, 0.25) is 0 Å². The van der Waals surface area contributed by atoms with E-state index in [4.69, 9.17) is 0 Å². The Labute approximate surface area is 56.5 Å². The van der Waals surface area contributed by atoms with Crippen molar-refractivity contribution in [2.45, 2.75) is 0 Å². The second-order valence-corrected chi connectivity index (χ2v) is 1.13. The van der Waals surface area contributed by atoms with Crippen molar-refractivity contribution < 1.29 is 23.6 Å². The molecule has 0 atom stereocenters. The van der Waals surface area contributed by atoms with E-state index in [2.05, 4.69) is 29.1 Å². The molecular weight excluding hydrogens is 150 g/mol. The molecule has 0 rings (SSSR count). The second kappa shape index (κ2) is 8.11. The van der Waals surface area contributed by atoms with Gasteiger partial charge in [0.25, 0.3) is 0 Å². The Hall–Kier alpha value is 0.110. The van der Waals surface area contributed by atoms with E-state index in [9.17, 15) is 0 Å². The molecule has 56 valence electrons. The van der Waals surface area contributed by atoms with Gasteiger partial charge < -0.3 is 0 Å². The van der Waals surface area contributed by atoms with Gasteiger partial charge in [-0.05, 0) is 5.04 Å². The van der Waals surface area contributed by atoms with Crippen LogP contribution in [0.3, 0.4) is 0 Å². The lowest BCUT2D eigenvalue weighted by atomic mass is 11.6. The van der Waals surface area contributed by atoms with Crippen molar-refractivity contribution in [3.63, 3.8) is 0 Å². The van der Waals surface area contributed by atoms with Gasteiger partial charge in [-0.1, -0.05) is 4.33 Å². The molecule has 7 heteroatoms. The topological polar surface area (TPSA) is 58.2 Å². The normalized spacial score (nSPS) is 10.0. The first-order valence-corrected chi connectivity index (χ1v) is 2.61. The summed E-state index contributed by atoms with van der Waals surface area (Å²) in [5, 5.41) is 3.93. The van der Waals surface area contributed by atoms with Gasteiger partial charge in [0.1, 0.15) is 0 Å². The maximum atomic E-state index is 4.14. The summed E-state index contributed by atoms with van der Waals surface area (Å²) in [6.45, 7) is 0. The van der Waals surface area contributed by atoms with Crippen LogP contribution in [0.15, 0.2) is 0 Å². The fraction of sp³-hybridized carbons (Fsp3) is 1.00. The average Bonchev–Trinajstić information content (AvgIpc) is 1.89. The SMILES string of the molecule is CNOOOSOOC. The predicted molar refractivity (Wildman–Crippen MR) is 28.0 cm³/mol. The third-order valence-electron chi connectivity index (χ3n) is 0.269. The first kappa shape index (κ1) is 9.11. The van der Waals surface area contributed by atoms with Crippen molar-refractivity contribution >= 4 is 12.3 Å². The summed E-state index contributed by atoms with van der Waals surface area (Å²) in [5.74, 6) is 0. The molecule has 0 unspecified atom stereocenters. The van der Waals surface area contributed by atoms with Crippen LogP contribution < -0.4 is 5.48 Å². The molecule has 0 heterocycles. The lowest BCUT2D eigenvalue weighted by Gasteiger charge is -1.95. The van der Waals surface area contributed by atoms with Gasteiger partial charge in [0.2, 0.25) is 12.3 Å². The van der Waals surface area contributed by atoms with Gasteiger partial charge in [0.15, 0.2) is 0 Å². The maximum absolute atomic E-state index is 4.14. The highest BCUT2D eigenvalue weighted by molar-refractivity contribution is 7.89. The van der Waals surface area contributed by atoms with Crippen LogP contribution in [0.25, 0.3) is 0 Å². The van der Waals surface area contributed by atoms with Crippen molar-refractivity contribution in [2.75, 3.05) is 14.2 Å². The molecule has 0 spiro atoms. The van der Waals surface area contributed by atoms with Crippen LogP contribution in [0.1, 0.15) is 0 Å². The Balaban J connectivity index is 2.60. The molecule has 0 bridgehead atoms. The third-order valence-corrected chi connectivity index (χ3v) is 0.571. The molecule has 9 heavy (non-hydrogen) atoms. The summed E-state index contributed by atoms with van der Waals surface area (Å²) >= 11 is 0.484. The molecule has 0 radical (unpaired) electrons. The van der Waals surface area contributed by atoms with Crippen LogP contribution in [0.4, 0.5) is 0 Å². The van der Waals surface area contributed by atoms with Crippen LogP contribution in [0.5, 0.6) is 0 Å². The van der Waals surface area contributed by atoms with E-state index >= 15 is 0 Å². The van der Waals surface area contributed by atoms with Gasteiger partial charge >= 0.3 is 0 Å². The molecule has 0 aliphatic rings. The molecule has 0 aliphatic carbocycles. The van der Waals surface area contributed by atoms with Crippen LogP contribution in [-0.2, 0) is 23.6 Å². The summed E-state index contributed by atoms with van der Waals surface area (Å²) < 4.78 is 8.24. The van der Waals surface area contributed by atoms with E-state index in [0.717, 1.165) is 0 Å². The van der Waals surface area contributed by atoms with Crippen LogP contribution >= 0.6 is 12.3 Å². The molecule has 6 nitrogen and oxygen atoms in total. The Morgan fingerprint density at radius 1 is 1.33 bits per heavy atom. The molecule has 0 aromatic carbocycles. The van der Waals surface area contributed by atoms with E-state index in [1.165, 1.54) is 14.2 Å². The van der Waals surface area contributed by atoms with Crippen LogP contribution in [0, 0.1) is 0 Å². The zero-order valence-electron chi connectivity index (χ0n) is 4.95. The van der Waals surface area contributed by atoms with Crippen molar-refractivity contribution in [3.05, 3.63) is 0 Å². The van der Waals surface area contributed by atoms with E-state index in [0.29, 0.717) is 12.3 Å². The first-order chi connectivity index (χ1) is 4.41. The molecular formula is C2H7NO5S. The Morgan fingerprint density at radius 3 is 2.67 bits per heavy atom. The summed E-state index contributed by atoms with van der Waals surface area (Å²) in [5.41, 5.74) is 2.19. The molecule has 0 aliphatic heterocycles. The minimum absolute atomic E-state index is 0.484. The lowest BCUT2D eigenvalue weighted by Crippen LogP contribution is -2.06. The van der Waals surface area contributed by atoms with Gasteiger partial charge in [0, 0.05) is 7.05 Å². The van der Waals surface area contributed by atoms with Crippen molar-refractivity contribution in [1.82, 2.24) is 5.48 Å². The monoisotopic (exact) mass is 157 g/mol. The fourth-order valence-corrected chi connectivity index (χ4v) is 0.227. The zero-order chi connectivity index (χ0) is 6.95. The quantitative estimate of drug-likeness (QED) is 0.255. The number of hydrogen-bond acceptors (Lipinski definition) is 7. The predicted octanol–water partition coefficient (Wildman–Crippen LogP) is 0.142. The van der Waals surface area contributed by atoms with Crippen molar-refractivity contribution in [2.24, 2.45) is 0 Å². The fourth-order valence-electron chi connectivity index (χ4n) is 0.0984. The second-order valence-electron chi connectivity index (χ2n) is 0.726. The maximum Gasteiger partial charge on any atom is 0.232 e. The molecule has 0 aromatic rings. The van der Waals surface area contributed by atoms with E-state index < -0.39 is 0 Å². The molecule has 0 saturated carbocycles. The van der Waals surface area contributed by atoms with E-state index in [-0.39, 0.29) is 0 Å². The number of hydrogen-bond donors (Lipinski definition) is 1. The smallest absolute Gasteiger partial charge is 0.225 e. The summed E-state index contributed by atoms with van der Waals surface area (Å²) in [6.07, 6.45) is 0. The van der Waals surface area contributed by atoms with Crippen molar-refractivity contribution in [1.29, 1.82) is 0 Å². The van der Waals surface area contributed by atoms with Gasteiger partial charge in [-0.25, -0.2) is 4.89 Å². The zero-order valence-corrected chi connectivity index (χ0v) is 5.77. The number of hydroxylamine groups is 1. The van der Waals surface area contributed by atoms with Crippen molar-refractivity contribution in [3.8, 4) is 0 Å². The first-order valence-electron chi connectivity index (χ1n) is 1.95. The Kier molecular flexibility index (Phi) is 8.21.